The molecule has 0 saturated heterocycles. The van der Waals surface area contributed by atoms with E-state index in [1.165, 1.54) is 12.3 Å². The number of amides is 1. The summed E-state index contributed by atoms with van der Waals surface area (Å²) < 4.78 is 0. The van der Waals surface area contributed by atoms with E-state index in [1.807, 2.05) is 0 Å². The number of carbonyl (C=O) groups excluding carboxylic acids is 2. The SMILES string of the molecule is CC(=O)C(=O)/N=C\c1ccccc1O. The van der Waals surface area contributed by atoms with E-state index in [1.54, 1.807) is 18.2 Å². The van der Waals surface area contributed by atoms with Crippen LogP contribution in [0.25, 0.3) is 0 Å². The van der Waals surface area contributed by atoms with Crippen molar-refractivity contribution >= 4 is 17.9 Å². The maximum absolute atomic E-state index is 10.8. The molecule has 0 aliphatic rings. The van der Waals surface area contributed by atoms with Crippen LogP contribution in [0.1, 0.15) is 12.5 Å². The van der Waals surface area contributed by atoms with Crippen LogP contribution in [0.2, 0.25) is 0 Å². The van der Waals surface area contributed by atoms with Gasteiger partial charge in [-0.15, -0.1) is 0 Å². The first-order valence-corrected chi connectivity index (χ1v) is 3.98. The molecule has 0 unspecified atom stereocenters. The Hall–Kier alpha value is -1.97. The second-order valence-electron chi connectivity index (χ2n) is 2.68. The lowest BCUT2D eigenvalue weighted by Gasteiger charge is -1.95. The van der Waals surface area contributed by atoms with Gasteiger partial charge in [0.2, 0.25) is 5.78 Å². The minimum Gasteiger partial charge on any atom is -0.507 e. The second-order valence-corrected chi connectivity index (χ2v) is 2.68. The van der Waals surface area contributed by atoms with Crippen LogP contribution in [-0.4, -0.2) is 23.0 Å². The Labute approximate surface area is 80.9 Å². The Bertz CT molecular complexity index is 396. The Balaban J connectivity index is 2.84. The molecule has 4 nitrogen and oxygen atoms in total. The molecule has 0 radical (unpaired) electrons. The highest BCUT2D eigenvalue weighted by Gasteiger charge is 2.03. The third-order valence-corrected chi connectivity index (χ3v) is 1.56. The van der Waals surface area contributed by atoms with Gasteiger partial charge in [-0.25, -0.2) is 4.99 Å². The highest BCUT2D eigenvalue weighted by molar-refractivity contribution is 6.36. The lowest BCUT2D eigenvalue weighted by molar-refractivity contribution is -0.134. The van der Waals surface area contributed by atoms with Crippen molar-refractivity contribution in [3.05, 3.63) is 29.8 Å². The van der Waals surface area contributed by atoms with E-state index in [-0.39, 0.29) is 5.75 Å². The van der Waals surface area contributed by atoms with E-state index in [9.17, 15) is 14.7 Å². The molecule has 0 spiro atoms. The van der Waals surface area contributed by atoms with Crippen molar-refractivity contribution in [3.63, 3.8) is 0 Å². The van der Waals surface area contributed by atoms with Crippen LogP contribution in [0, 0.1) is 0 Å². The van der Waals surface area contributed by atoms with Crippen molar-refractivity contribution in [1.82, 2.24) is 0 Å². The molecule has 14 heavy (non-hydrogen) atoms. The predicted molar refractivity (Wildman–Crippen MR) is 51.4 cm³/mol. The molecule has 1 aromatic carbocycles. The number of ketones is 1. The van der Waals surface area contributed by atoms with Crippen LogP contribution < -0.4 is 0 Å². The highest BCUT2D eigenvalue weighted by atomic mass is 16.3. The number of aromatic hydroxyl groups is 1. The van der Waals surface area contributed by atoms with Gasteiger partial charge in [-0.05, 0) is 12.1 Å². The van der Waals surface area contributed by atoms with Crippen LogP contribution in [0.3, 0.4) is 0 Å². The van der Waals surface area contributed by atoms with Gasteiger partial charge in [0.15, 0.2) is 0 Å². The van der Waals surface area contributed by atoms with Crippen LogP contribution >= 0.6 is 0 Å². The van der Waals surface area contributed by atoms with Gasteiger partial charge < -0.3 is 5.11 Å². The number of hydrogen-bond donors (Lipinski definition) is 1. The number of nitrogens with zero attached hydrogens (tertiary/aromatic N) is 1. The zero-order valence-corrected chi connectivity index (χ0v) is 7.60. The molecule has 0 bridgehead atoms. The maximum atomic E-state index is 10.8. The Kier molecular flexibility index (Phi) is 3.12. The van der Waals surface area contributed by atoms with Crippen molar-refractivity contribution in [2.75, 3.05) is 0 Å². The lowest BCUT2D eigenvalue weighted by atomic mass is 10.2. The minimum absolute atomic E-state index is 0.0209. The standard InChI is InChI=1S/C10H9NO3/c1-7(12)10(14)11-6-8-4-2-3-5-9(8)13/h2-6,13H,1H3/b11-6-. The van der Waals surface area contributed by atoms with E-state index < -0.39 is 11.7 Å². The number of carbonyl (C=O) groups is 2. The summed E-state index contributed by atoms with van der Waals surface area (Å²) in [6.45, 7) is 1.14. The largest absolute Gasteiger partial charge is 0.507 e. The van der Waals surface area contributed by atoms with Crippen molar-refractivity contribution in [1.29, 1.82) is 0 Å². The zero-order chi connectivity index (χ0) is 10.6. The maximum Gasteiger partial charge on any atom is 0.312 e. The molecule has 0 aliphatic heterocycles. The molecular formula is C10H9NO3. The fourth-order valence-electron chi connectivity index (χ4n) is 0.816. The summed E-state index contributed by atoms with van der Waals surface area (Å²) in [5.74, 6) is -1.43. The van der Waals surface area contributed by atoms with Gasteiger partial charge in [-0.1, -0.05) is 12.1 Å². The summed E-state index contributed by atoms with van der Waals surface area (Å²) in [4.78, 5) is 24.7. The van der Waals surface area contributed by atoms with E-state index in [0.717, 1.165) is 6.92 Å². The molecule has 72 valence electrons. The number of aliphatic imine (C=N–C) groups is 1. The molecule has 0 fully saturated rings. The van der Waals surface area contributed by atoms with Gasteiger partial charge >= 0.3 is 5.91 Å². The third-order valence-electron chi connectivity index (χ3n) is 1.56. The van der Waals surface area contributed by atoms with E-state index in [2.05, 4.69) is 4.99 Å². The summed E-state index contributed by atoms with van der Waals surface area (Å²) in [5, 5.41) is 9.27. The normalized spacial score (nSPS) is 10.4. The summed E-state index contributed by atoms with van der Waals surface area (Å²) >= 11 is 0. The minimum atomic E-state index is -0.826. The average molecular weight is 191 g/mol. The quantitative estimate of drug-likeness (QED) is 0.558. The molecule has 0 atom stereocenters. The Morgan fingerprint density at radius 2 is 2.00 bits per heavy atom. The van der Waals surface area contributed by atoms with E-state index in [4.69, 9.17) is 0 Å². The van der Waals surface area contributed by atoms with Crippen LogP contribution in [-0.2, 0) is 9.59 Å². The third kappa shape index (κ3) is 2.52. The average Bonchev–Trinajstić information content (AvgIpc) is 2.16. The lowest BCUT2D eigenvalue weighted by Crippen LogP contribution is -2.05. The first-order valence-electron chi connectivity index (χ1n) is 3.98. The van der Waals surface area contributed by atoms with Crippen molar-refractivity contribution in [2.24, 2.45) is 4.99 Å². The van der Waals surface area contributed by atoms with Crippen LogP contribution in [0.4, 0.5) is 0 Å². The van der Waals surface area contributed by atoms with Gasteiger partial charge in [0.05, 0.1) is 0 Å². The number of phenols is 1. The van der Waals surface area contributed by atoms with Gasteiger partial charge in [0, 0.05) is 18.7 Å². The predicted octanol–water partition coefficient (Wildman–Crippen LogP) is 0.927. The van der Waals surface area contributed by atoms with Crippen molar-refractivity contribution in [3.8, 4) is 5.75 Å². The van der Waals surface area contributed by atoms with Crippen LogP contribution in [0.15, 0.2) is 29.3 Å². The number of Topliss-reactive ketones (excluding diaryl/α,β-unsaturated/α-hetero) is 1. The summed E-state index contributed by atoms with van der Waals surface area (Å²) in [6, 6.07) is 6.41. The fraction of sp³-hybridized carbons (Fsp3) is 0.100. The summed E-state index contributed by atoms with van der Waals surface area (Å²) in [5.41, 5.74) is 0.405. The molecule has 0 aliphatic carbocycles. The van der Waals surface area contributed by atoms with Gasteiger partial charge in [0.25, 0.3) is 0 Å². The number of benzene rings is 1. The van der Waals surface area contributed by atoms with Crippen molar-refractivity contribution < 1.29 is 14.7 Å². The molecular weight excluding hydrogens is 182 g/mol. The monoisotopic (exact) mass is 191 g/mol. The number of hydrogen-bond acceptors (Lipinski definition) is 3. The van der Waals surface area contributed by atoms with E-state index in [0.29, 0.717) is 5.56 Å². The Morgan fingerprint density at radius 3 is 2.57 bits per heavy atom. The molecule has 1 rings (SSSR count). The number of para-hydroxylation sites is 1. The highest BCUT2D eigenvalue weighted by Crippen LogP contribution is 2.12. The molecule has 0 saturated carbocycles. The Morgan fingerprint density at radius 1 is 1.36 bits per heavy atom. The number of rotatable bonds is 2. The summed E-state index contributed by atoms with van der Waals surface area (Å²) in [6.07, 6.45) is 1.17. The summed E-state index contributed by atoms with van der Waals surface area (Å²) in [7, 11) is 0. The number of phenolic OH excluding ortho intramolecular Hbond substituents is 1. The molecule has 0 heterocycles. The topological polar surface area (TPSA) is 66.7 Å². The molecule has 0 aromatic heterocycles. The molecule has 1 amide bonds. The first kappa shape index (κ1) is 10.1. The fourth-order valence-corrected chi connectivity index (χ4v) is 0.816. The molecule has 1 N–H and O–H groups in total. The van der Waals surface area contributed by atoms with Gasteiger partial charge in [0.1, 0.15) is 5.75 Å². The molecule has 1 aromatic rings. The van der Waals surface area contributed by atoms with Crippen LogP contribution in [0.5, 0.6) is 5.75 Å². The van der Waals surface area contributed by atoms with Crippen molar-refractivity contribution in [2.45, 2.75) is 6.92 Å². The second kappa shape index (κ2) is 4.32. The first-order chi connectivity index (χ1) is 6.61. The smallest absolute Gasteiger partial charge is 0.312 e. The molecule has 4 heteroatoms. The van der Waals surface area contributed by atoms with Gasteiger partial charge in [-0.3, -0.25) is 9.59 Å². The van der Waals surface area contributed by atoms with E-state index >= 15 is 0 Å². The zero-order valence-electron chi connectivity index (χ0n) is 7.60. The van der Waals surface area contributed by atoms with Gasteiger partial charge in [-0.2, -0.15) is 0 Å².